The van der Waals surface area contributed by atoms with Gasteiger partial charge in [-0.05, 0) is 43.5 Å². The summed E-state index contributed by atoms with van der Waals surface area (Å²) < 4.78 is 41.2. The van der Waals surface area contributed by atoms with Crippen molar-refractivity contribution in [2.75, 3.05) is 13.1 Å². The van der Waals surface area contributed by atoms with E-state index in [0.29, 0.717) is 0 Å². The van der Waals surface area contributed by atoms with E-state index in [2.05, 4.69) is 15.4 Å². The van der Waals surface area contributed by atoms with Gasteiger partial charge in [0.1, 0.15) is 16.8 Å². The first kappa shape index (κ1) is 19.8. The van der Waals surface area contributed by atoms with Crippen molar-refractivity contribution in [2.45, 2.75) is 44.2 Å². The van der Waals surface area contributed by atoms with E-state index >= 15 is 0 Å². The number of amides is 1. The van der Waals surface area contributed by atoms with Crippen LogP contribution in [-0.2, 0) is 14.8 Å². The molecule has 3 atom stereocenters. The molecule has 2 rings (SSSR count). The fraction of sp³-hybridized carbons (Fsp3) is 0.588. The molecule has 1 heterocycles. The summed E-state index contributed by atoms with van der Waals surface area (Å²) in [7, 11) is -4.13. The molecular weight excluding hydrogens is 345 g/mol. The molecule has 1 aliphatic heterocycles. The Morgan fingerprint density at radius 1 is 1.32 bits per heavy atom. The number of benzene rings is 1. The van der Waals surface area contributed by atoms with Gasteiger partial charge in [0.2, 0.25) is 15.9 Å². The highest BCUT2D eigenvalue weighted by Gasteiger charge is 2.32. The van der Waals surface area contributed by atoms with Crippen LogP contribution < -0.4 is 15.4 Å². The molecule has 6 nitrogen and oxygen atoms in total. The number of hydrogen-bond acceptors (Lipinski definition) is 4. The molecule has 1 aliphatic rings. The van der Waals surface area contributed by atoms with Crippen LogP contribution in [0, 0.1) is 17.7 Å². The Balaban J connectivity index is 2.15. The van der Waals surface area contributed by atoms with Crippen LogP contribution in [0.2, 0.25) is 0 Å². The third-order valence-electron chi connectivity index (χ3n) is 4.47. The molecule has 3 N–H and O–H groups in total. The molecule has 0 radical (unpaired) electrons. The van der Waals surface area contributed by atoms with Gasteiger partial charge in [0.05, 0.1) is 0 Å². The molecule has 1 aromatic rings. The normalized spacial score (nSPS) is 22.6. The van der Waals surface area contributed by atoms with Crippen LogP contribution in [0.5, 0.6) is 0 Å². The molecule has 0 aromatic heterocycles. The minimum Gasteiger partial charge on any atom is -0.352 e. The fourth-order valence-corrected chi connectivity index (χ4v) is 4.31. The second kappa shape index (κ2) is 8.25. The largest absolute Gasteiger partial charge is 0.352 e. The Labute approximate surface area is 148 Å². The summed E-state index contributed by atoms with van der Waals surface area (Å²) in [5.41, 5.74) is 0. The summed E-state index contributed by atoms with van der Waals surface area (Å²) >= 11 is 0. The lowest BCUT2D eigenvalue weighted by molar-refractivity contribution is -0.124. The number of nitrogens with one attached hydrogen (secondary N) is 3. The van der Waals surface area contributed by atoms with Crippen molar-refractivity contribution >= 4 is 15.9 Å². The molecule has 8 heteroatoms. The Bertz CT molecular complexity index is 709. The van der Waals surface area contributed by atoms with E-state index < -0.39 is 26.8 Å². The van der Waals surface area contributed by atoms with Crippen molar-refractivity contribution in [3.8, 4) is 0 Å². The number of rotatable bonds is 6. The predicted molar refractivity (Wildman–Crippen MR) is 93.9 cm³/mol. The lowest BCUT2D eigenvalue weighted by Gasteiger charge is -2.32. The molecule has 0 saturated carbocycles. The summed E-state index contributed by atoms with van der Waals surface area (Å²) in [6.07, 6.45) is 0.789. The number of carbonyl (C=O) groups is 1. The van der Waals surface area contributed by atoms with E-state index in [1.165, 1.54) is 18.2 Å². The van der Waals surface area contributed by atoms with Gasteiger partial charge in [0.25, 0.3) is 0 Å². The summed E-state index contributed by atoms with van der Waals surface area (Å²) in [6, 6.07) is 4.15. The van der Waals surface area contributed by atoms with Crippen LogP contribution in [0.15, 0.2) is 29.2 Å². The van der Waals surface area contributed by atoms with Gasteiger partial charge in [-0.2, -0.15) is 4.72 Å². The lowest BCUT2D eigenvalue weighted by atomic mass is 9.94. The molecule has 25 heavy (non-hydrogen) atoms. The molecule has 1 amide bonds. The molecule has 1 aromatic carbocycles. The first-order valence-corrected chi connectivity index (χ1v) is 9.98. The van der Waals surface area contributed by atoms with Gasteiger partial charge in [-0.25, -0.2) is 12.8 Å². The summed E-state index contributed by atoms with van der Waals surface area (Å²) in [6.45, 7) is 7.14. The number of carbonyl (C=O) groups excluding carboxylic acids is 1. The number of halogens is 1. The van der Waals surface area contributed by atoms with Crippen molar-refractivity contribution in [2.24, 2.45) is 11.8 Å². The third kappa shape index (κ3) is 4.99. The SMILES string of the molecule is CC(C)C(NS(=O)(=O)c1ccccc1F)C(=O)NC1CCNCC1C. The Morgan fingerprint density at radius 2 is 2.00 bits per heavy atom. The molecule has 0 spiro atoms. The van der Waals surface area contributed by atoms with Gasteiger partial charge < -0.3 is 10.6 Å². The number of piperidine rings is 1. The quantitative estimate of drug-likeness (QED) is 0.702. The lowest BCUT2D eigenvalue weighted by Crippen LogP contribution is -2.55. The maximum absolute atomic E-state index is 13.8. The topological polar surface area (TPSA) is 87.3 Å². The van der Waals surface area contributed by atoms with Crippen LogP contribution in [0.1, 0.15) is 27.2 Å². The predicted octanol–water partition coefficient (Wildman–Crippen LogP) is 1.24. The fourth-order valence-electron chi connectivity index (χ4n) is 2.89. The van der Waals surface area contributed by atoms with Gasteiger partial charge in [-0.1, -0.05) is 32.9 Å². The highest BCUT2D eigenvalue weighted by molar-refractivity contribution is 7.89. The van der Waals surface area contributed by atoms with Gasteiger partial charge in [-0.3, -0.25) is 4.79 Å². The van der Waals surface area contributed by atoms with Crippen LogP contribution >= 0.6 is 0 Å². The van der Waals surface area contributed by atoms with Crippen molar-refractivity contribution in [3.05, 3.63) is 30.1 Å². The van der Waals surface area contributed by atoms with Crippen molar-refractivity contribution in [1.29, 1.82) is 0 Å². The second-order valence-corrected chi connectivity index (χ2v) is 8.54. The molecule has 0 aliphatic carbocycles. The molecule has 3 unspecified atom stereocenters. The van der Waals surface area contributed by atoms with Gasteiger partial charge in [0, 0.05) is 6.04 Å². The monoisotopic (exact) mass is 371 g/mol. The first-order valence-electron chi connectivity index (χ1n) is 8.50. The molecular formula is C17H26FN3O3S. The van der Waals surface area contributed by atoms with E-state index in [1.54, 1.807) is 13.8 Å². The van der Waals surface area contributed by atoms with Gasteiger partial charge in [-0.15, -0.1) is 0 Å². The van der Waals surface area contributed by atoms with E-state index in [4.69, 9.17) is 0 Å². The summed E-state index contributed by atoms with van der Waals surface area (Å²) in [4.78, 5) is 12.2. The van der Waals surface area contributed by atoms with Crippen LogP contribution in [0.25, 0.3) is 0 Å². The van der Waals surface area contributed by atoms with Crippen molar-refractivity contribution in [1.82, 2.24) is 15.4 Å². The minimum absolute atomic E-state index is 0.00651. The zero-order chi connectivity index (χ0) is 18.6. The minimum atomic E-state index is -4.13. The van der Waals surface area contributed by atoms with E-state index in [9.17, 15) is 17.6 Å². The Morgan fingerprint density at radius 3 is 2.60 bits per heavy atom. The standard InChI is InChI=1S/C17H26FN3O3S/c1-11(2)16(17(22)20-14-8-9-19-10-12(14)3)21-25(23,24)15-7-5-4-6-13(15)18/h4-7,11-12,14,16,19,21H,8-10H2,1-3H3,(H,20,22). The second-order valence-electron chi connectivity index (χ2n) is 6.86. The zero-order valence-electron chi connectivity index (χ0n) is 14.8. The van der Waals surface area contributed by atoms with Gasteiger partial charge >= 0.3 is 0 Å². The molecule has 1 saturated heterocycles. The van der Waals surface area contributed by atoms with Crippen molar-refractivity contribution in [3.63, 3.8) is 0 Å². The zero-order valence-corrected chi connectivity index (χ0v) is 15.6. The van der Waals surface area contributed by atoms with Crippen LogP contribution in [-0.4, -0.2) is 39.5 Å². The number of hydrogen-bond donors (Lipinski definition) is 3. The van der Waals surface area contributed by atoms with Crippen LogP contribution in [0.3, 0.4) is 0 Å². The average Bonchev–Trinajstić information content (AvgIpc) is 2.54. The van der Waals surface area contributed by atoms with Gasteiger partial charge in [0.15, 0.2) is 0 Å². The van der Waals surface area contributed by atoms with Crippen molar-refractivity contribution < 1.29 is 17.6 Å². The van der Waals surface area contributed by atoms with E-state index in [1.807, 2.05) is 6.92 Å². The maximum Gasteiger partial charge on any atom is 0.244 e. The van der Waals surface area contributed by atoms with E-state index in [-0.39, 0.29) is 23.8 Å². The Hall–Kier alpha value is -1.51. The molecule has 0 bridgehead atoms. The molecule has 1 fully saturated rings. The summed E-state index contributed by atoms with van der Waals surface area (Å²) in [5.74, 6) is -1.24. The average molecular weight is 371 g/mol. The van der Waals surface area contributed by atoms with Crippen LogP contribution in [0.4, 0.5) is 4.39 Å². The third-order valence-corrected chi connectivity index (χ3v) is 5.94. The smallest absolute Gasteiger partial charge is 0.244 e. The first-order chi connectivity index (χ1) is 11.7. The number of sulfonamides is 1. The Kier molecular flexibility index (Phi) is 6.53. The summed E-state index contributed by atoms with van der Waals surface area (Å²) in [5, 5.41) is 6.19. The maximum atomic E-state index is 13.8. The highest BCUT2D eigenvalue weighted by atomic mass is 32.2. The highest BCUT2D eigenvalue weighted by Crippen LogP contribution is 2.16. The molecule has 140 valence electrons. The van der Waals surface area contributed by atoms with E-state index in [0.717, 1.165) is 25.6 Å².